The summed E-state index contributed by atoms with van der Waals surface area (Å²) in [5.41, 5.74) is 1.60. The van der Waals surface area contributed by atoms with Crippen molar-refractivity contribution in [2.75, 3.05) is 6.54 Å². The Labute approximate surface area is 125 Å². The zero-order chi connectivity index (χ0) is 15.2. The van der Waals surface area contributed by atoms with Crippen LogP contribution in [0.4, 0.5) is 0 Å². The Bertz CT molecular complexity index is 640. The number of benzene rings is 1. The van der Waals surface area contributed by atoms with Gasteiger partial charge >= 0.3 is 0 Å². The quantitative estimate of drug-likeness (QED) is 0.884. The van der Waals surface area contributed by atoms with Crippen molar-refractivity contribution in [2.24, 2.45) is 0 Å². The lowest BCUT2D eigenvalue weighted by Crippen LogP contribution is -2.11. The maximum Gasteiger partial charge on any atom is 0.165 e. The summed E-state index contributed by atoms with van der Waals surface area (Å²) in [5.74, 6) is 1.20. The molecule has 5 nitrogen and oxygen atoms in total. The average Bonchev–Trinajstić information content (AvgIpc) is 2.95. The topological polar surface area (TPSA) is 62.9 Å². The second-order valence-corrected chi connectivity index (χ2v) is 5.07. The first-order valence-electron chi connectivity index (χ1n) is 7.09. The van der Waals surface area contributed by atoms with Crippen molar-refractivity contribution in [3.05, 3.63) is 41.7 Å². The van der Waals surface area contributed by atoms with Crippen LogP contribution in [0.1, 0.15) is 37.9 Å². The van der Waals surface area contributed by atoms with Gasteiger partial charge in [0, 0.05) is 12.6 Å². The van der Waals surface area contributed by atoms with Crippen LogP contribution in [0.5, 0.6) is 11.5 Å². The molecule has 0 aliphatic rings. The maximum atomic E-state index is 9.27. The highest BCUT2D eigenvalue weighted by molar-refractivity contribution is 5.47. The van der Waals surface area contributed by atoms with Gasteiger partial charge < -0.3 is 10.1 Å². The molecule has 0 aliphatic carbocycles. The molecule has 1 heterocycles. The number of nitrogens with one attached hydrogen (secondary N) is 1. The van der Waals surface area contributed by atoms with E-state index in [1.807, 2.05) is 42.9 Å². The molecule has 1 aromatic carbocycles. The number of hydrogen-bond donors (Lipinski definition) is 1. The van der Waals surface area contributed by atoms with E-state index in [1.165, 1.54) is 0 Å². The van der Waals surface area contributed by atoms with Gasteiger partial charge in [-0.3, -0.25) is 4.68 Å². The third-order valence-corrected chi connectivity index (χ3v) is 3.08. The molecule has 0 unspecified atom stereocenters. The highest BCUT2D eigenvalue weighted by Gasteiger charge is 2.08. The summed E-state index contributed by atoms with van der Waals surface area (Å²) < 4.78 is 7.58. The van der Waals surface area contributed by atoms with Crippen molar-refractivity contribution in [2.45, 2.75) is 33.4 Å². The number of nitrogens with zero attached hydrogens (tertiary/aromatic N) is 3. The molecular weight excluding hydrogens is 264 g/mol. The van der Waals surface area contributed by atoms with E-state index in [1.54, 1.807) is 6.20 Å². The van der Waals surface area contributed by atoms with Gasteiger partial charge in [-0.05, 0) is 38.1 Å². The van der Waals surface area contributed by atoms with Gasteiger partial charge in [0.25, 0.3) is 0 Å². The Morgan fingerprint density at radius 3 is 2.86 bits per heavy atom. The molecule has 0 bridgehead atoms. The van der Waals surface area contributed by atoms with E-state index in [2.05, 4.69) is 23.4 Å². The van der Waals surface area contributed by atoms with Crippen LogP contribution in [0.3, 0.4) is 0 Å². The Morgan fingerprint density at radius 1 is 1.43 bits per heavy atom. The van der Waals surface area contributed by atoms with E-state index < -0.39 is 0 Å². The third-order valence-electron chi connectivity index (χ3n) is 3.08. The monoisotopic (exact) mass is 284 g/mol. The first kappa shape index (κ1) is 15.1. The van der Waals surface area contributed by atoms with Gasteiger partial charge in [0.05, 0.1) is 18.0 Å². The Hall–Kier alpha value is -2.32. The van der Waals surface area contributed by atoms with E-state index in [9.17, 15) is 5.26 Å². The van der Waals surface area contributed by atoms with Crippen molar-refractivity contribution in [3.8, 4) is 17.6 Å². The normalized spacial score (nSPS) is 10.6. The molecule has 2 aromatic rings. The highest BCUT2D eigenvalue weighted by Crippen LogP contribution is 2.26. The van der Waals surface area contributed by atoms with Crippen molar-refractivity contribution in [1.82, 2.24) is 15.1 Å². The van der Waals surface area contributed by atoms with Gasteiger partial charge in [0.15, 0.2) is 5.75 Å². The van der Waals surface area contributed by atoms with Crippen LogP contribution < -0.4 is 10.1 Å². The first-order chi connectivity index (χ1) is 10.1. The molecule has 0 saturated heterocycles. The smallest absolute Gasteiger partial charge is 0.165 e. The van der Waals surface area contributed by atoms with Gasteiger partial charge in [0.1, 0.15) is 11.8 Å². The zero-order valence-electron chi connectivity index (χ0n) is 12.6. The van der Waals surface area contributed by atoms with Crippen molar-refractivity contribution in [3.63, 3.8) is 0 Å². The second-order valence-electron chi connectivity index (χ2n) is 5.07. The summed E-state index contributed by atoms with van der Waals surface area (Å²) >= 11 is 0. The van der Waals surface area contributed by atoms with Gasteiger partial charge in [0.2, 0.25) is 0 Å². The second kappa shape index (κ2) is 6.91. The highest BCUT2D eigenvalue weighted by atomic mass is 16.5. The number of nitriles is 1. The lowest BCUT2D eigenvalue weighted by Gasteiger charge is -2.08. The maximum absolute atomic E-state index is 9.27. The number of ether oxygens (including phenoxy) is 1. The molecule has 1 aromatic heterocycles. The van der Waals surface area contributed by atoms with E-state index in [0.717, 1.165) is 18.7 Å². The molecule has 2 rings (SSSR count). The lowest BCUT2D eigenvalue weighted by atomic mass is 10.1. The van der Waals surface area contributed by atoms with Crippen LogP contribution in [0.2, 0.25) is 0 Å². The predicted molar refractivity (Wildman–Crippen MR) is 81.2 cm³/mol. The van der Waals surface area contributed by atoms with Crippen LogP contribution >= 0.6 is 0 Å². The standard InChI is InChI=1S/C16H20N4O/c1-4-18-9-13-5-6-16(14(7-13)8-17)21-15-10-19-20(11-15)12(2)3/h5-7,10-12,18H,4,9H2,1-3H3. The van der Waals surface area contributed by atoms with Crippen LogP contribution in [0.15, 0.2) is 30.6 Å². The summed E-state index contributed by atoms with van der Waals surface area (Å²) in [5, 5.41) is 16.7. The summed E-state index contributed by atoms with van der Waals surface area (Å²) in [6.45, 7) is 7.79. The van der Waals surface area contributed by atoms with E-state index in [-0.39, 0.29) is 6.04 Å². The molecule has 0 atom stereocenters. The molecule has 1 N–H and O–H groups in total. The van der Waals surface area contributed by atoms with Crippen LogP contribution in [0.25, 0.3) is 0 Å². The number of hydrogen-bond acceptors (Lipinski definition) is 4. The van der Waals surface area contributed by atoms with E-state index in [4.69, 9.17) is 4.74 Å². The van der Waals surface area contributed by atoms with Gasteiger partial charge in [-0.2, -0.15) is 10.4 Å². The molecule has 0 radical (unpaired) electrons. The van der Waals surface area contributed by atoms with Crippen LogP contribution in [-0.4, -0.2) is 16.3 Å². The van der Waals surface area contributed by atoms with Gasteiger partial charge in [-0.25, -0.2) is 0 Å². The molecule has 110 valence electrons. The fourth-order valence-corrected chi connectivity index (χ4v) is 1.92. The number of aromatic nitrogens is 2. The van der Waals surface area contributed by atoms with Crippen molar-refractivity contribution < 1.29 is 4.74 Å². The van der Waals surface area contributed by atoms with E-state index >= 15 is 0 Å². The Balaban J connectivity index is 2.17. The van der Waals surface area contributed by atoms with Crippen molar-refractivity contribution in [1.29, 1.82) is 5.26 Å². The lowest BCUT2D eigenvalue weighted by molar-refractivity contribution is 0.475. The molecule has 5 heteroatoms. The van der Waals surface area contributed by atoms with Crippen LogP contribution in [0, 0.1) is 11.3 Å². The summed E-state index contributed by atoms with van der Waals surface area (Å²) in [7, 11) is 0. The number of rotatable bonds is 6. The SMILES string of the molecule is CCNCc1ccc(Oc2cnn(C(C)C)c2)c(C#N)c1. The van der Waals surface area contributed by atoms with Crippen molar-refractivity contribution >= 4 is 0 Å². The zero-order valence-corrected chi connectivity index (χ0v) is 12.6. The Kier molecular flexibility index (Phi) is 4.96. The van der Waals surface area contributed by atoms with Gasteiger partial charge in [-0.1, -0.05) is 13.0 Å². The van der Waals surface area contributed by atoms with Gasteiger partial charge in [-0.15, -0.1) is 0 Å². The average molecular weight is 284 g/mol. The summed E-state index contributed by atoms with van der Waals surface area (Å²) in [4.78, 5) is 0. The van der Waals surface area contributed by atoms with Crippen LogP contribution in [-0.2, 0) is 6.54 Å². The predicted octanol–water partition coefficient (Wildman–Crippen LogP) is 3.24. The molecule has 0 saturated carbocycles. The minimum atomic E-state index is 0.278. The molecule has 0 aliphatic heterocycles. The largest absolute Gasteiger partial charge is 0.453 e. The minimum absolute atomic E-state index is 0.278. The first-order valence-corrected chi connectivity index (χ1v) is 7.09. The third kappa shape index (κ3) is 3.83. The molecule has 21 heavy (non-hydrogen) atoms. The molecule has 0 spiro atoms. The fraction of sp³-hybridized carbons (Fsp3) is 0.375. The minimum Gasteiger partial charge on any atom is -0.453 e. The molecular formula is C16H20N4O. The summed E-state index contributed by atoms with van der Waals surface area (Å²) in [6, 6.07) is 8.11. The fourth-order valence-electron chi connectivity index (χ4n) is 1.92. The summed E-state index contributed by atoms with van der Waals surface area (Å²) in [6.07, 6.45) is 3.49. The Morgan fingerprint density at radius 2 is 2.24 bits per heavy atom. The van der Waals surface area contributed by atoms with E-state index in [0.29, 0.717) is 17.1 Å². The molecule has 0 fully saturated rings. The molecule has 0 amide bonds.